The first-order chi connectivity index (χ1) is 13.7. The number of Topliss-reactive ketones (excluding diaryl/α,β-unsaturated/α-hetero) is 1. The summed E-state index contributed by atoms with van der Waals surface area (Å²) in [5.74, 6) is 0.207. The van der Waals surface area contributed by atoms with Crippen LogP contribution in [0, 0.1) is 0 Å². The first-order valence-corrected chi connectivity index (χ1v) is 9.36. The minimum absolute atomic E-state index is 0.0136. The van der Waals surface area contributed by atoms with Gasteiger partial charge in [0.1, 0.15) is 0 Å². The molecule has 1 aromatic heterocycles. The molecular formula is C23H24N4O2. The van der Waals surface area contributed by atoms with Crippen LogP contribution in [0.15, 0.2) is 60.7 Å². The minimum Gasteiger partial charge on any atom is -0.339 e. The molecule has 0 aliphatic carbocycles. The SMILES string of the molecule is CC(=O)c1ccc(Nc2ccc(C(=O)Nc3ccccc3C(C)(C)C)nn2)cc1. The number of hydrogen-bond acceptors (Lipinski definition) is 5. The Morgan fingerprint density at radius 1 is 0.862 bits per heavy atom. The molecule has 0 spiro atoms. The van der Waals surface area contributed by atoms with Crippen molar-refractivity contribution in [3.63, 3.8) is 0 Å². The third-order valence-corrected chi connectivity index (χ3v) is 4.44. The molecule has 0 aliphatic heterocycles. The highest BCUT2D eigenvalue weighted by molar-refractivity contribution is 6.03. The molecule has 6 nitrogen and oxygen atoms in total. The summed E-state index contributed by atoms with van der Waals surface area (Å²) in [6, 6.07) is 18.1. The smallest absolute Gasteiger partial charge is 0.276 e. The number of nitrogens with zero attached hydrogens (tertiary/aromatic N) is 2. The number of hydrogen-bond donors (Lipinski definition) is 2. The van der Waals surface area contributed by atoms with Crippen molar-refractivity contribution in [2.75, 3.05) is 10.6 Å². The fourth-order valence-electron chi connectivity index (χ4n) is 2.89. The average molecular weight is 388 g/mol. The van der Waals surface area contributed by atoms with Gasteiger partial charge in [0.25, 0.3) is 5.91 Å². The van der Waals surface area contributed by atoms with Crippen molar-refractivity contribution in [1.82, 2.24) is 10.2 Å². The number of rotatable bonds is 5. The van der Waals surface area contributed by atoms with Gasteiger partial charge in [-0.05, 0) is 60.4 Å². The second kappa shape index (κ2) is 8.22. The number of anilines is 3. The Kier molecular flexibility index (Phi) is 5.73. The molecule has 1 amide bonds. The van der Waals surface area contributed by atoms with E-state index in [0.29, 0.717) is 11.4 Å². The molecule has 3 rings (SSSR count). The van der Waals surface area contributed by atoms with E-state index in [1.165, 1.54) is 6.92 Å². The molecule has 6 heteroatoms. The fourth-order valence-corrected chi connectivity index (χ4v) is 2.89. The molecule has 0 atom stereocenters. The number of benzene rings is 2. The van der Waals surface area contributed by atoms with Crippen molar-refractivity contribution < 1.29 is 9.59 Å². The fraction of sp³-hybridized carbons (Fsp3) is 0.217. The van der Waals surface area contributed by atoms with Crippen LogP contribution in [0.1, 0.15) is 54.1 Å². The Morgan fingerprint density at radius 2 is 1.55 bits per heavy atom. The van der Waals surface area contributed by atoms with Crippen molar-refractivity contribution in [2.24, 2.45) is 0 Å². The molecule has 0 saturated carbocycles. The normalized spacial score (nSPS) is 11.0. The highest BCUT2D eigenvalue weighted by Crippen LogP contribution is 2.29. The standard InChI is InChI=1S/C23H24N4O2/c1-15(28)16-9-11-17(12-10-16)24-21-14-13-20(26-27-21)22(29)25-19-8-6-5-7-18(19)23(2,3)4/h5-14H,1-4H3,(H,24,27)(H,25,29). The van der Waals surface area contributed by atoms with E-state index in [2.05, 4.69) is 41.6 Å². The van der Waals surface area contributed by atoms with Gasteiger partial charge < -0.3 is 10.6 Å². The first-order valence-electron chi connectivity index (χ1n) is 9.36. The van der Waals surface area contributed by atoms with Crippen LogP contribution in [0.25, 0.3) is 0 Å². The maximum absolute atomic E-state index is 12.6. The Hall–Kier alpha value is -3.54. The highest BCUT2D eigenvalue weighted by atomic mass is 16.2. The summed E-state index contributed by atoms with van der Waals surface area (Å²) in [5.41, 5.74) is 3.37. The molecule has 2 N–H and O–H groups in total. The zero-order valence-corrected chi connectivity index (χ0v) is 17.0. The van der Waals surface area contributed by atoms with Crippen LogP contribution in [0.3, 0.4) is 0 Å². The quantitative estimate of drug-likeness (QED) is 0.603. The molecule has 0 fully saturated rings. The molecule has 148 valence electrons. The van der Waals surface area contributed by atoms with Gasteiger partial charge in [-0.2, -0.15) is 0 Å². The monoisotopic (exact) mass is 388 g/mol. The lowest BCUT2D eigenvalue weighted by Crippen LogP contribution is -2.19. The van der Waals surface area contributed by atoms with Gasteiger partial charge in [0.05, 0.1) is 0 Å². The molecule has 29 heavy (non-hydrogen) atoms. The van der Waals surface area contributed by atoms with E-state index in [4.69, 9.17) is 0 Å². The lowest BCUT2D eigenvalue weighted by molar-refractivity contribution is 0.101. The lowest BCUT2D eigenvalue weighted by Gasteiger charge is -2.22. The van der Waals surface area contributed by atoms with Crippen molar-refractivity contribution in [3.05, 3.63) is 77.5 Å². The first kappa shape index (κ1) is 20.2. The Labute approximate surface area is 170 Å². The topological polar surface area (TPSA) is 84.0 Å². The van der Waals surface area contributed by atoms with Gasteiger partial charge in [-0.3, -0.25) is 9.59 Å². The van der Waals surface area contributed by atoms with Crippen molar-refractivity contribution in [1.29, 1.82) is 0 Å². The van der Waals surface area contributed by atoms with Gasteiger partial charge >= 0.3 is 0 Å². The van der Waals surface area contributed by atoms with E-state index < -0.39 is 0 Å². The minimum atomic E-state index is -0.313. The summed E-state index contributed by atoms with van der Waals surface area (Å²) in [6.07, 6.45) is 0. The summed E-state index contributed by atoms with van der Waals surface area (Å²) in [5, 5.41) is 14.1. The van der Waals surface area contributed by atoms with Crippen LogP contribution in [0.2, 0.25) is 0 Å². The van der Waals surface area contributed by atoms with E-state index in [1.807, 2.05) is 24.3 Å². The van der Waals surface area contributed by atoms with Crippen LogP contribution >= 0.6 is 0 Å². The van der Waals surface area contributed by atoms with Crippen molar-refractivity contribution in [3.8, 4) is 0 Å². The zero-order chi connectivity index (χ0) is 21.0. The van der Waals surface area contributed by atoms with Crippen LogP contribution in [-0.2, 0) is 5.41 Å². The maximum atomic E-state index is 12.6. The van der Waals surface area contributed by atoms with Crippen molar-refractivity contribution >= 4 is 28.9 Å². The number of ketones is 1. The molecule has 2 aromatic carbocycles. The van der Waals surface area contributed by atoms with E-state index >= 15 is 0 Å². The molecule has 0 radical (unpaired) electrons. The van der Waals surface area contributed by atoms with Crippen LogP contribution < -0.4 is 10.6 Å². The van der Waals surface area contributed by atoms with Crippen LogP contribution in [0.5, 0.6) is 0 Å². The van der Waals surface area contributed by atoms with E-state index in [-0.39, 0.29) is 22.8 Å². The van der Waals surface area contributed by atoms with Gasteiger partial charge in [-0.25, -0.2) is 0 Å². The van der Waals surface area contributed by atoms with Gasteiger partial charge in [-0.1, -0.05) is 39.0 Å². The number of para-hydroxylation sites is 1. The summed E-state index contributed by atoms with van der Waals surface area (Å²) >= 11 is 0. The summed E-state index contributed by atoms with van der Waals surface area (Å²) in [6.45, 7) is 7.82. The molecule has 0 aliphatic rings. The summed E-state index contributed by atoms with van der Waals surface area (Å²) < 4.78 is 0. The highest BCUT2D eigenvalue weighted by Gasteiger charge is 2.19. The number of nitrogens with one attached hydrogen (secondary N) is 2. The third-order valence-electron chi connectivity index (χ3n) is 4.44. The Bertz CT molecular complexity index is 1020. The number of carbonyl (C=O) groups excluding carboxylic acids is 2. The van der Waals surface area contributed by atoms with Gasteiger partial charge in [0.15, 0.2) is 17.3 Å². The number of carbonyl (C=O) groups is 2. The second-order valence-corrected chi connectivity index (χ2v) is 7.81. The number of aromatic nitrogens is 2. The van der Waals surface area contributed by atoms with Gasteiger partial charge in [0, 0.05) is 16.9 Å². The predicted octanol–water partition coefficient (Wildman–Crippen LogP) is 4.97. The Morgan fingerprint density at radius 3 is 2.14 bits per heavy atom. The zero-order valence-electron chi connectivity index (χ0n) is 17.0. The molecule has 3 aromatic rings. The van der Waals surface area contributed by atoms with E-state index in [0.717, 1.165) is 16.9 Å². The van der Waals surface area contributed by atoms with Crippen molar-refractivity contribution in [2.45, 2.75) is 33.1 Å². The number of amides is 1. The molecule has 1 heterocycles. The molecule has 0 bridgehead atoms. The van der Waals surface area contributed by atoms with E-state index in [1.54, 1.807) is 36.4 Å². The summed E-state index contributed by atoms with van der Waals surface area (Å²) in [7, 11) is 0. The van der Waals surface area contributed by atoms with Gasteiger partial charge in [0.2, 0.25) is 0 Å². The molecule has 0 unspecified atom stereocenters. The Balaban J connectivity index is 1.70. The molecule has 0 saturated heterocycles. The predicted molar refractivity (Wildman–Crippen MR) is 115 cm³/mol. The van der Waals surface area contributed by atoms with Crippen LogP contribution in [0.4, 0.5) is 17.2 Å². The van der Waals surface area contributed by atoms with E-state index in [9.17, 15) is 9.59 Å². The molecular weight excluding hydrogens is 364 g/mol. The summed E-state index contributed by atoms with van der Waals surface area (Å²) in [4.78, 5) is 23.9. The van der Waals surface area contributed by atoms with Gasteiger partial charge in [-0.15, -0.1) is 10.2 Å². The average Bonchev–Trinajstić information content (AvgIpc) is 2.68. The third kappa shape index (κ3) is 5.04. The second-order valence-electron chi connectivity index (χ2n) is 7.81. The maximum Gasteiger partial charge on any atom is 0.276 e. The lowest BCUT2D eigenvalue weighted by atomic mass is 9.86. The van der Waals surface area contributed by atoms with Crippen LogP contribution in [-0.4, -0.2) is 21.9 Å². The largest absolute Gasteiger partial charge is 0.339 e.